The van der Waals surface area contributed by atoms with Crippen molar-refractivity contribution in [1.82, 2.24) is 9.88 Å². The first kappa shape index (κ1) is 16.1. The van der Waals surface area contributed by atoms with Gasteiger partial charge in [-0.15, -0.1) is 0 Å². The molecule has 1 aliphatic carbocycles. The maximum absolute atomic E-state index is 12.4. The average Bonchev–Trinajstić information content (AvgIpc) is 3.22. The van der Waals surface area contributed by atoms with Gasteiger partial charge in [0.1, 0.15) is 0 Å². The maximum atomic E-state index is 12.4. The van der Waals surface area contributed by atoms with E-state index in [0.29, 0.717) is 35.6 Å². The van der Waals surface area contributed by atoms with Crippen molar-refractivity contribution in [2.75, 3.05) is 0 Å². The lowest BCUT2D eigenvalue weighted by Gasteiger charge is -2.26. The summed E-state index contributed by atoms with van der Waals surface area (Å²) in [5, 5.41) is 0.631. The van der Waals surface area contributed by atoms with Crippen LogP contribution in [0.5, 0.6) is 0 Å². The van der Waals surface area contributed by atoms with E-state index in [-0.39, 0.29) is 11.9 Å². The minimum absolute atomic E-state index is 0.181. The molecule has 1 saturated carbocycles. The topological polar surface area (TPSA) is 46.3 Å². The third-order valence-electron chi connectivity index (χ3n) is 4.03. The molecule has 0 bridgehead atoms. The number of amides is 1. The fourth-order valence-electron chi connectivity index (χ4n) is 2.82. The molecule has 0 spiro atoms. The van der Waals surface area contributed by atoms with Crippen LogP contribution in [0.4, 0.5) is 0 Å². The van der Waals surface area contributed by atoms with Crippen LogP contribution in [-0.4, -0.2) is 27.9 Å². The summed E-state index contributed by atoms with van der Waals surface area (Å²) in [5.41, 5.74) is 0.820. The second kappa shape index (κ2) is 6.75. The van der Waals surface area contributed by atoms with Gasteiger partial charge in [0.2, 0.25) is 5.91 Å². The predicted molar refractivity (Wildman–Crippen MR) is 90.3 cm³/mol. The van der Waals surface area contributed by atoms with Crippen molar-refractivity contribution in [2.45, 2.75) is 51.6 Å². The lowest BCUT2D eigenvalue weighted by Crippen LogP contribution is -2.38. The van der Waals surface area contributed by atoms with Gasteiger partial charge in [0.25, 0.3) is 0 Å². The van der Waals surface area contributed by atoms with Crippen LogP contribution in [0.1, 0.15) is 39.0 Å². The molecular weight excluding hydrogens is 312 g/mol. The molecule has 1 fully saturated rings. The van der Waals surface area contributed by atoms with Crippen LogP contribution in [0.2, 0.25) is 5.02 Å². The Bertz CT molecular complexity index is 690. The first-order valence-corrected chi connectivity index (χ1v) is 8.45. The predicted octanol–water partition coefficient (Wildman–Crippen LogP) is 4.33. The van der Waals surface area contributed by atoms with Gasteiger partial charge in [-0.05, 0) is 38.8 Å². The van der Waals surface area contributed by atoms with E-state index >= 15 is 0 Å². The molecule has 0 N–H and O–H groups in total. The van der Waals surface area contributed by atoms with Crippen molar-refractivity contribution in [3.8, 4) is 11.3 Å². The van der Waals surface area contributed by atoms with Crippen LogP contribution in [0.25, 0.3) is 11.3 Å². The molecular formula is C18H21ClN2O2. The van der Waals surface area contributed by atoms with E-state index in [0.717, 1.165) is 18.4 Å². The minimum atomic E-state index is 0.181. The number of benzene rings is 1. The number of halogens is 1. The van der Waals surface area contributed by atoms with Crippen molar-refractivity contribution >= 4 is 17.5 Å². The molecule has 1 aromatic carbocycles. The van der Waals surface area contributed by atoms with Crippen molar-refractivity contribution in [3.63, 3.8) is 0 Å². The van der Waals surface area contributed by atoms with E-state index in [4.69, 9.17) is 16.0 Å². The zero-order chi connectivity index (χ0) is 16.4. The molecule has 1 aromatic heterocycles. The first-order chi connectivity index (χ1) is 11.1. The van der Waals surface area contributed by atoms with Crippen molar-refractivity contribution < 1.29 is 9.21 Å². The Morgan fingerprint density at radius 2 is 2.13 bits per heavy atom. The highest BCUT2D eigenvalue weighted by atomic mass is 35.5. The normalized spacial score (nSPS) is 14.3. The van der Waals surface area contributed by atoms with E-state index < -0.39 is 0 Å². The van der Waals surface area contributed by atoms with Crippen LogP contribution in [-0.2, 0) is 11.2 Å². The molecule has 0 radical (unpaired) electrons. The molecule has 0 unspecified atom stereocenters. The average molecular weight is 333 g/mol. The van der Waals surface area contributed by atoms with E-state index in [2.05, 4.69) is 18.8 Å². The molecule has 3 rings (SSSR count). The molecule has 1 aliphatic rings. The Morgan fingerprint density at radius 3 is 2.78 bits per heavy atom. The highest BCUT2D eigenvalue weighted by molar-refractivity contribution is 6.33. The number of aromatic nitrogens is 1. The summed E-state index contributed by atoms with van der Waals surface area (Å²) in [6, 6.07) is 8.18. The van der Waals surface area contributed by atoms with Crippen LogP contribution < -0.4 is 0 Å². The molecule has 0 atom stereocenters. The lowest BCUT2D eigenvalue weighted by molar-refractivity contribution is -0.133. The number of carbonyl (C=O) groups is 1. The van der Waals surface area contributed by atoms with Gasteiger partial charge in [-0.1, -0.05) is 23.7 Å². The Labute approximate surface area is 141 Å². The SMILES string of the molecule is CC(C)N(C(=O)CCc1ncc(-c2ccccc2Cl)o1)C1CC1. The number of nitrogens with zero attached hydrogens (tertiary/aromatic N) is 2. The summed E-state index contributed by atoms with van der Waals surface area (Å²) >= 11 is 6.17. The number of hydrogen-bond donors (Lipinski definition) is 0. The number of oxazole rings is 1. The van der Waals surface area contributed by atoms with Crippen molar-refractivity contribution in [1.29, 1.82) is 0 Å². The summed E-state index contributed by atoms with van der Waals surface area (Å²) < 4.78 is 5.75. The summed E-state index contributed by atoms with van der Waals surface area (Å²) in [5.74, 6) is 1.40. The second-order valence-electron chi connectivity index (χ2n) is 6.22. The van der Waals surface area contributed by atoms with Crippen LogP contribution >= 0.6 is 11.6 Å². The third kappa shape index (κ3) is 3.75. The molecule has 1 heterocycles. The van der Waals surface area contributed by atoms with Gasteiger partial charge < -0.3 is 9.32 Å². The largest absolute Gasteiger partial charge is 0.441 e. The fourth-order valence-corrected chi connectivity index (χ4v) is 3.05. The van der Waals surface area contributed by atoms with Crippen molar-refractivity contribution in [3.05, 3.63) is 41.4 Å². The fraction of sp³-hybridized carbons (Fsp3) is 0.444. The van der Waals surface area contributed by atoms with Gasteiger partial charge in [-0.2, -0.15) is 0 Å². The number of aryl methyl sites for hydroxylation is 1. The minimum Gasteiger partial charge on any atom is -0.441 e. The summed E-state index contributed by atoms with van der Waals surface area (Å²) in [4.78, 5) is 18.7. The summed E-state index contributed by atoms with van der Waals surface area (Å²) in [6.45, 7) is 4.13. The summed E-state index contributed by atoms with van der Waals surface area (Å²) in [7, 11) is 0. The van der Waals surface area contributed by atoms with E-state index in [1.807, 2.05) is 29.2 Å². The molecule has 2 aromatic rings. The van der Waals surface area contributed by atoms with Crippen LogP contribution in [0.3, 0.4) is 0 Å². The van der Waals surface area contributed by atoms with Gasteiger partial charge >= 0.3 is 0 Å². The Balaban J connectivity index is 1.63. The maximum Gasteiger partial charge on any atom is 0.223 e. The van der Waals surface area contributed by atoms with Crippen molar-refractivity contribution in [2.24, 2.45) is 0 Å². The van der Waals surface area contributed by atoms with E-state index in [1.165, 1.54) is 0 Å². The van der Waals surface area contributed by atoms with Gasteiger partial charge in [-0.3, -0.25) is 4.79 Å². The van der Waals surface area contributed by atoms with Gasteiger partial charge in [0, 0.05) is 30.5 Å². The van der Waals surface area contributed by atoms with Crippen LogP contribution in [0, 0.1) is 0 Å². The standard InChI is InChI=1S/C18H21ClN2O2/c1-12(2)21(13-7-8-13)18(22)10-9-17-20-11-16(23-17)14-5-3-4-6-15(14)19/h3-6,11-13H,7-10H2,1-2H3. The zero-order valence-corrected chi connectivity index (χ0v) is 14.2. The van der Waals surface area contributed by atoms with E-state index in [1.54, 1.807) is 6.20 Å². The molecule has 122 valence electrons. The Morgan fingerprint density at radius 1 is 1.39 bits per heavy atom. The lowest BCUT2D eigenvalue weighted by atomic mass is 10.2. The second-order valence-corrected chi connectivity index (χ2v) is 6.63. The molecule has 0 saturated heterocycles. The van der Waals surface area contributed by atoms with E-state index in [9.17, 15) is 4.79 Å². The Hall–Kier alpha value is -1.81. The quantitative estimate of drug-likeness (QED) is 0.791. The highest BCUT2D eigenvalue weighted by Crippen LogP contribution is 2.30. The molecule has 4 nitrogen and oxygen atoms in total. The number of hydrogen-bond acceptors (Lipinski definition) is 3. The van der Waals surface area contributed by atoms with Gasteiger partial charge in [-0.25, -0.2) is 4.98 Å². The molecule has 5 heteroatoms. The zero-order valence-electron chi connectivity index (χ0n) is 13.5. The number of rotatable bonds is 6. The van der Waals surface area contributed by atoms with Gasteiger partial charge in [0.15, 0.2) is 11.7 Å². The Kier molecular flexibility index (Phi) is 4.71. The monoisotopic (exact) mass is 332 g/mol. The summed E-state index contributed by atoms with van der Waals surface area (Å²) in [6.07, 6.45) is 4.86. The van der Waals surface area contributed by atoms with Gasteiger partial charge in [0.05, 0.1) is 11.2 Å². The molecule has 1 amide bonds. The highest BCUT2D eigenvalue weighted by Gasteiger charge is 2.33. The third-order valence-corrected chi connectivity index (χ3v) is 4.36. The number of carbonyl (C=O) groups excluding carboxylic acids is 1. The smallest absolute Gasteiger partial charge is 0.223 e. The molecule has 0 aliphatic heterocycles. The van der Waals surface area contributed by atoms with Crippen LogP contribution in [0.15, 0.2) is 34.9 Å². The molecule has 23 heavy (non-hydrogen) atoms. The first-order valence-electron chi connectivity index (χ1n) is 8.07.